The van der Waals surface area contributed by atoms with Crippen molar-refractivity contribution in [1.82, 2.24) is 15.1 Å². The van der Waals surface area contributed by atoms with Crippen molar-refractivity contribution in [1.29, 1.82) is 0 Å². The predicted octanol–water partition coefficient (Wildman–Crippen LogP) is 2.96. The van der Waals surface area contributed by atoms with Crippen molar-refractivity contribution in [3.05, 3.63) is 30.0 Å². The van der Waals surface area contributed by atoms with E-state index in [0.717, 1.165) is 38.4 Å². The molecule has 0 bridgehead atoms. The zero-order chi connectivity index (χ0) is 14.4. The van der Waals surface area contributed by atoms with Crippen LogP contribution in [0.2, 0.25) is 0 Å². The minimum Gasteiger partial charge on any atom is -0.380 e. The monoisotopic (exact) mass is 275 g/mol. The molecular weight excluding hydrogens is 250 g/mol. The van der Waals surface area contributed by atoms with Crippen LogP contribution in [0.5, 0.6) is 0 Å². The van der Waals surface area contributed by atoms with Gasteiger partial charge in [-0.25, -0.2) is 0 Å². The van der Waals surface area contributed by atoms with E-state index in [4.69, 9.17) is 9.84 Å². The summed E-state index contributed by atoms with van der Waals surface area (Å²) in [5.74, 6) is 0. The van der Waals surface area contributed by atoms with E-state index in [1.54, 1.807) is 0 Å². The molecule has 0 aliphatic carbocycles. The average Bonchev–Trinajstić information content (AvgIpc) is 2.80. The summed E-state index contributed by atoms with van der Waals surface area (Å²) in [6.45, 7) is 9.58. The Morgan fingerprint density at radius 3 is 2.80 bits per heavy atom. The highest BCUT2D eigenvalue weighted by Crippen LogP contribution is 2.18. The maximum Gasteiger partial charge on any atom is 0.0841 e. The van der Waals surface area contributed by atoms with E-state index in [2.05, 4.69) is 55.0 Å². The van der Waals surface area contributed by atoms with Crippen molar-refractivity contribution in [2.24, 2.45) is 0 Å². The average molecular weight is 275 g/mol. The molecule has 0 spiro atoms. The summed E-state index contributed by atoms with van der Waals surface area (Å²) in [4.78, 5) is 0. The number of hydrogen-bond acceptors (Lipinski definition) is 3. The largest absolute Gasteiger partial charge is 0.380 e. The number of nitrogens with one attached hydrogen (secondary N) is 1. The zero-order valence-corrected chi connectivity index (χ0v) is 12.7. The van der Waals surface area contributed by atoms with Crippen LogP contribution in [0.25, 0.3) is 10.9 Å². The van der Waals surface area contributed by atoms with Crippen molar-refractivity contribution in [3.8, 4) is 0 Å². The lowest BCUT2D eigenvalue weighted by Gasteiger charge is -2.06. The Balaban J connectivity index is 2.13. The molecule has 0 atom stereocenters. The highest BCUT2D eigenvalue weighted by Gasteiger charge is 2.09. The molecule has 0 aliphatic rings. The number of fused-ring (bicyclic) bond motifs is 1. The van der Waals surface area contributed by atoms with Crippen LogP contribution >= 0.6 is 0 Å². The third-order valence-electron chi connectivity index (χ3n) is 3.21. The number of nitrogens with zero attached hydrogens (tertiary/aromatic N) is 2. The first kappa shape index (κ1) is 15.0. The fourth-order valence-electron chi connectivity index (χ4n) is 2.20. The van der Waals surface area contributed by atoms with Gasteiger partial charge >= 0.3 is 0 Å². The van der Waals surface area contributed by atoms with E-state index in [-0.39, 0.29) is 0 Å². The van der Waals surface area contributed by atoms with Gasteiger partial charge in [-0.3, -0.25) is 4.68 Å². The van der Waals surface area contributed by atoms with Gasteiger partial charge in [0.25, 0.3) is 0 Å². The second-order valence-electron chi connectivity index (χ2n) is 5.33. The molecule has 110 valence electrons. The third kappa shape index (κ3) is 3.81. The molecule has 0 saturated carbocycles. The van der Waals surface area contributed by atoms with Crippen molar-refractivity contribution in [2.45, 2.75) is 46.3 Å². The predicted molar refractivity (Wildman–Crippen MR) is 82.8 cm³/mol. The molecule has 0 saturated heterocycles. The summed E-state index contributed by atoms with van der Waals surface area (Å²) in [5.41, 5.74) is 2.30. The van der Waals surface area contributed by atoms with E-state index in [9.17, 15) is 0 Å². The van der Waals surface area contributed by atoms with Crippen LogP contribution in [0.15, 0.2) is 24.3 Å². The number of benzene rings is 1. The molecule has 20 heavy (non-hydrogen) atoms. The number of rotatable bonds is 8. The van der Waals surface area contributed by atoms with Crippen molar-refractivity contribution in [3.63, 3.8) is 0 Å². The summed E-state index contributed by atoms with van der Waals surface area (Å²) in [7, 11) is 0. The summed E-state index contributed by atoms with van der Waals surface area (Å²) in [6.07, 6.45) is 1.06. The Bertz CT molecular complexity index is 534. The van der Waals surface area contributed by atoms with Gasteiger partial charge in [0.1, 0.15) is 0 Å². The highest BCUT2D eigenvalue weighted by atomic mass is 16.5. The van der Waals surface area contributed by atoms with E-state index in [1.807, 2.05) is 0 Å². The Labute approximate surface area is 121 Å². The molecule has 4 heteroatoms. The van der Waals surface area contributed by atoms with E-state index >= 15 is 0 Å². The molecule has 0 fully saturated rings. The first-order chi connectivity index (χ1) is 9.72. The highest BCUT2D eigenvalue weighted by molar-refractivity contribution is 5.81. The minimum atomic E-state index is 0.465. The van der Waals surface area contributed by atoms with Crippen LogP contribution in [0.4, 0.5) is 0 Å². The lowest BCUT2D eigenvalue weighted by atomic mass is 10.2. The van der Waals surface area contributed by atoms with Crippen LogP contribution in [-0.4, -0.2) is 29.0 Å². The summed E-state index contributed by atoms with van der Waals surface area (Å²) < 4.78 is 7.62. The second-order valence-corrected chi connectivity index (χ2v) is 5.33. The SMILES string of the molecule is CCCOCCn1nc(CNC(C)C)c2ccccc21. The van der Waals surface area contributed by atoms with Gasteiger partial charge in [0.05, 0.1) is 24.4 Å². The van der Waals surface area contributed by atoms with Crippen molar-refractivity contribution >= 4 is 10.9 Å². The van der Waals surface area contributed by atoms with Gasteiger partial charge in [0.2, 0.25) is 0 Å². The first-order valence-corrected chi connectivity index (χ1v) is 7.48. The van der Waals surface area contributed by atoms with Gasteiger partial charge in [-0.15, -0.1) is 0 Å². The quantitative estimate of drug-likeness (QED) is 0.753. The molecule has 1 heterocycles. The summed E-state index contributed by atoms with van der Waals surface area (Å²) in [5, 5.41) is 9.40. The third-order valence-corrected chi connectivity index (χ3v) is 3.21. The summed E-state index contributed by atoms with van der Waals surface area (Å²) >= 11 is 0. The lowest BCUT2D eigenvalue weighted by Crippen LogP contribution is -2.22. The Kier molecular flexibility index (Phi) is 5.56. The molecule has 0 radical (unpaired) electrons. The van der Waals surface area contributed by atoms with Gasteiger partial charge in [0.15, 0.2) is 0 Å². The molecule has 1 aromatic heterocycles. The van der Waals surface area contributed by atoms with Crippen LogP contribution in [0.1, 0.15) is 32.9 Å². The van der Waals surface area contributed by atoms with Crippen molar-refractivity contribution < 1.29 is 4.74 Å². The fourth-order valence-corrected chi connectivity index (χ4v) is 2.20. The molecule has 0 unspecified atom stereocenters. The molecule has 0 aliphatic heterocycles. The van der Waals surface area contributed by atoms with Gasteiger partial charge in [-0.05, 0) is 12.5 Å². The Morgan fingerprint density at radius 2 is 2.05 bits per heavy atom. The fraction of sp³-hybridized carbons (Fsp3) is 0.562. The second kappa shape index (κ2) is 7.41. The molecule has 1 aromatic carbocycles. The molecule has 4 nitrogen and oxygen atoms in total. The van der Waals surface area contributed by atoms with Gasteiger partial charge in [0, 0.05) is 24.6 Å². The standard InChI is InChI=1S/C16H25N3O/c1-4-10-20-11-9-19-16-8-6-5-7-14(16)15(18-19)12-17-13(2)3/h5-8,13,17H,4,9-12H2,1-3H3. The van der Waals surface area contributed by atoms with Crippen LogP contribution in [-0.2, 0) is 17.8 Å². The van der Waals surface area contributed by atoms with Crippen LogP contribution in [0.3, 0.4) is 0 Å². The Morgan fingerprint density at radius 1 is 1.25 bits per heavy atom. The van der Waals surface area contributed by atoms with E-state index < -0.39 is 0 Å². The number of ether oxygens (including phenoxy) is 1. The van der Waals surface area contributed by atoms with Crippen molar-refractivity contribution in [2.75, 3.05) is 13.2 Å². The van der Waals surface area contributed by atoms with Crippen LogP contribution < -0.4 is 5.32 Å². The summed E-state index contributed by atoms with van der Waals surface area (Å²) in [6, 6.07) is 8.87. The van der Waals surface area contributed by atoms with Gasteiger partial charge in [-0.2, -0.15) is 5.10 Å². The molecule has 2 rings (SSSR count). The first-order valence-electron chi connectivity index (χ1n) is 7.48. The number of para-hydroxylation sites is 1. The number of hydrogen-bond donors (Lipinski definition) is 1. The maximum atomic E-state index is 5.57. The van der Waals surface area contributed by atoms with Gasteiger partial charge < -0.3 is 10.1 Å². The van der Waals surface area contributed by atoms with E-state index in [1.165, 1.54) is 10.9 Å². The van der Waals surface area contributed by atoms with E-state index in [0.29, 0.717) is 6.04 Å². The van der Waals surface area contributed by atoms with Gasteiger partial charge in [-0.1, -0.05) is 39.0 Å². The van der Waals surface area contributed by atoms with Crippen LogP contribution in [0, 0.1) is 0 Å². The minimum absolute atomic E-state index is 0.465. The molecule has 0 amide bonds. The molecular formula is C16H25N3O. The number of aromatic nitrogens is 2. The topological polar surface area (TPSA) is 39.1 Å². The maximum absolute atomic E-state index is 5.57. The molecule has 2 aromatic rings. The normalized spacial score (nSPS) is 11.6. The zero-order valence-electron chi connectivity index (χ0n) is 12.7. The Hall–Kier alpha value is -1.39. The smallest absolute Gasteiger partial charge is 0.0841 e. The molecule has 1 N–H and O–H groups in total. The lowest BCUT2D eigenvalue weighted by molar-refractivity contribution is 0.125.